The number of aryl methyl sites for hydroxylation is 1. The maximum atomic E-state index is 5.97. The van der Waals surface area contributed by atoms with Crippen molar-refractivity contribution in [1.29, 1.82) is 0 Å². The van der Waals surface area contributed by atoms with E-state index in [4.69, 9.17) is 13.9 Å². The molecular formula is C16H19N5O3. The smallest absolute Gasteiger partial charge is 0.253 e. The van der Waals surface area contributed by atoms with Crippen LogP contribution in [-0.4, -0.2) is 44.4 Å². The molecule has 4 rings (SSSR count). The van der Waals surface area contributed by atoms with E-state index in [1.54, 1.807) is 10.9 Å². The molecule has 24 heavy (non-hydrogen) atoms. The van der Waals surface area contributed by atoms with Crippen molar-refractivity contribution in [2.45, 2.75) is 18.9 Å². The van der Waals surface area contributed by atoms with Crippen LogP contribution in [0.25, 0.3) is 17.3 Å². The molecule has 8 heteroatoms. The van der Waals surface area contributed by atoms with E-state index in [-0.39, 0.29) is 0 Å². The van der Waals surface area contributed by atoms with Crippen LogP contribution >= 0.6 is 0 Å². The highest BCUT2D eigenvalue weighted by Crippen LogP contribution is 2.35. The van der Waals surface area contributed by atoms with E-state index in [0.29, 0.717) is 38.0 Å². The minimum atomic E-state index is -0.643. The van der Waals surface area contributed by atoms with E-state index in [2.05, 4.69) is 15.3 Å². The van der Waals surface area contributed by atoms with Crippen molar-refractivity contribution in [1.82, 2.24) is 24.5 Å². The number of ether oxygens (including phenoxy) is 2. The Morgan fingerprint density at radius 1 is 1.29 bits per heavy atom. The molecule has 0 aromatic carbocycles. The topological polar surface area (TPSA) is 80.1 Å². The number of aromatic nitrogens is 5. The second kappa shape index (κ2) is 5.88. The highest BCUT2D eigenvalue weighted by Gasteiger charge is 2.43. The van der Waals surface area contributed by atoms with E-state index in [9.17, 15) is 0 Å². The fourth-order valence-electron chi connectivity index (χ4n) is 3.05. The lowest BCUT2D eigenvalue weighted by atomic mass is 10.0. The second-order valence-electron chi connectivity index (χ2n) is 5.74. The Bertz CT molecular complexity index is 815. The third-order valence-electron chi connectivity index (χ3n) is 4.21. The fraction of sp³-hybridized carbons (Fsp3) is 0.438. The van der Waals surface area contributed by atoms with Crippen LogP contribution in [0, 0.1) is 0 Å². The number of hydrogen-bond acceptors (Lipinski definition) is 6. The standard InChI is InChI=1S/C16H19N5O3/c1-3-23-16(6-9-22-11-16)15-19-18-13(24-15)12-10-17-20(2)14(12)21-7-4-5-8-21/h4-5,7-8,10H,3,6,9,11H2,1-2H3. The SMILES string of the molecule is CCOC1(c2nnc(-c3cnn(C)c3-n3cccc3)o2)CCOC1. The van der Waals surface area contributed by atoms with Crippen molar-refractivity contribution >= 4 is 0 Å². The molecule has 4 heterocycles. The summed E-state index contributed by atoms with van der Waals surface area (Å²) in [6.07, 6.45) is 6.33. The van der Waals surface area contributed by atoms with Crippen LogP contribution in [0.3, 0.4) is 0 Å². The quantitative estimate of drug-likeness (QED) is 0.711. The zero-order chi connectivity index (χ0) is 16.6. The lowest BCUT2D eigenvalue weighted by Gasteiger charge is -2.22. The molecule has 0 bridgehead atoms. The van der Waals surface area contributed by atoms with Gasteiger partial charge in [0, 0.05) is 32.5 Å². The van der Waals surface area contributed by atoms with Gasteiger partial charge in [0.15, 0.2) is 5.60 Å². The molecule has 0 saturated carbocycles. The van der Waals surface area contributed by atoms with E-state index in [1.807, 2.05) is 43.1 Å². The van der Waals surface area contributed by atoms with Crippen molar-refractivity contribution in [3.63, 3.8) is 0 Å². The normalized spacial score (nSPS) is 20.8. The van der Waals surface area contributed by atoms with Gasteiger partial charge in [-0.25, -0.2) is 0 Å². The summed E-state index contributed by atoms with van der Waals surface area (Å²) in [4.78, 5) is 0. The molecule has 0 amide bonds. The predicted octanol–water partition coefficient (Wildman–Crippen LogP) is 1.91. The molecule has 126 valence electrons. The van der Waals surface area contributed by atoms with Gasteiger partial charge in [-0.2, -0.15) is 5.10 Å². The summed E-state index contributed by atoms with van der Waals surface area (Å²) in [6, 6.07) is 3.91. The van der Waals surface area contributed by atoms with Crippen LogP contribution < -0.4 is 0 Å². The third kappa shape index (κ3) is 2.35. The Labute approximate surface area is 139 Å². The number of nitrogens with zero attached hydrogens (tertiary/aromatic N) is 5. The molecule has 1 fully saturated rings. The van der Waals surface area contributed by atoms with Crippen molar-refractivity contribution in [2.24, 2.45) is 7.05 Å². The molecule has 3 aromatic heterocycles. The summed E-state index contributed by atoms with van der Waals surface area (Å²) in [5.74, 6) is 1.75. The van der Waals surface area contributed by atoms with Crippen molar-refractivity contribution in [3.8, 4) is 17.3 Å². The average molecular weight is 329 g/mol. The molecule has 0 radical (unpaired) electrons. The highest BCUT2D eigenvalue weighted by atomic mass is 16.6. The molecule has 8 nitrogen and oxygen atoms in total. The van der Waals surface area contributed by atoms with Crippen LogP contribution in [0.5, 0.6) is 0 Å². The zero-order valence-corrected chi connectivity index (χ0v) is 13.7. The summed E-state index contributed by atoms with van der Waals surface area (Å²) in [5, 5.41) is 12.8. The van der Waals surface area contributed by atoms with Crippen LogP contribution in [-0.2, 0) is 22.1 Å². The van der Waals surface area contributed by atoms with Crippen LogP contribution in [0.2, 0.25) is 0 Å². The Kier molecular flexibility index (Phi) is 3.70. The summed E-state index contributed by atoms with van der Waals surface area (Å²) in [5.41, 5.74) is 0.133. The highest BCUT2D eigenvalue weighted by molar-refractivity contribution is 5.62. The molecule has 1 aliphatic rings. The van der Waals surface area contributed by atoms with Crippen LogP contribution in [0.4, 0.5) is 0 Å². The van der Waals surface area contributed by atoms with E-state index in [0.717, 1.165) is 11.4 Å². The van der Waals surface area contributed by atoms with E-state index in [1.165, 1.54) is 0 Å². The molecule has 0 aliphatic carbocycles. The molecule has 1 aliphatic heterocycles. The largest absolute Gasteiger partial charge is 0.417 e. The van der Waals surface area contributed by atoms with E-state index < -0.39 is 5.60 Å². The van der Waals surface area contributed by atoms with Crippen molar-refractivity contribution in [3.05, 3.63) is 36.6 Å². The summed E-state index contributed by atoms with van der Waals surface area (Å²) in [7, 11) is 1.88. The molecule has 0 spiro atoms. The average Bonchev–Trinajstić information content (AvgIpc) is 3.34. The first-order chi connectivity index (χ1) is 11.7. The predicted molar refractivity (Wildman–Crippen MR) is 84.6 cm³/mol. The van der Waals surface area contributed by atoms with Crippen LogP contribution in [0.15, 0.2) is 35.1 Å². The van der Waals surface area contributed by atoms with E-state index >= 15 is 0 Å². The Morgan fingerprint density at radius 3 is 2.83 bits per heavy atom. The maximum absolute atomic E-state index is 5.97. The lowest BCUT2D eigenvalue weighted by molar-refractivity contribution is -0.0657. The molecule has 0 N–H and O–H groups in total. The summed E-state index contributed by atoms with van der Waals surface area (Å²) < 4.78 is 21.1. The van der Waals surface area contributed by atoms with Gasteiger partial charge in [-0.15, -0.1) is 10.2 Å². The Morgan fingerprint density at radius 2 is 2.12 bits per heavy atom. The third-order valence-corrected chi connectivity index (χ3v) is 4.21. The zero-order valence-electron chi connectivity index (χ0n) is 13.7. The Hall–Kier alpha value is -2.45. The van der Waals surface area contributed by atoms with Gasteiger partial charge in [-0.1, -0.05) is 0 Å². The summed E-state index contributed by atoms with van der Waals surface area (Å²) >= 11 is 0. The fourth-order valence-corrected chi connectivity index (χ4v) is 3.05. The van der Waals surface area contributed by atoms with Crippen LogP contribution in [0.1, 0.15) is 19.2 Å². The minimum absolute atomic E-state index is 0.424. The van der Waals surface area contributed by atoms with Gasteiger partial charge >= 0.3 is 0 Å². The van der Waals surface area contributed by atoms with Gasteiger partial charge in [0.1, 0.15) is 11.4 Å². The first kappa shape index (κ1) is 15.1. The molecule has 3 aromatic rings. The van der Waals surface area contributed by atoms with Gasteiger partial charge < -0.3 is 18.5 Å². The van der Waals surface area contributed by atoms with Crippen molar-refractivity contribution < 1.29 is 13.9 Å². The maximum Gasteiger partial charge on any atom is 0.253 e. The summed E-state index contributed by atoms with van der Waals surface area (Å²) in [6.45, 7) is 3.56. The Balaban J connectivity index is 1.74. The lowest BCUT2D eigenvalue weighted by Crippen LogP contribution is -2.30. The van der Waals surface area contributed by atoms with Gasteiger partial charge in [0.05, 0.1) is 19.4 Å². The first-order valence-electron chi connectivity index (χ1n) is 7.95. The van der Waals surface area contributed by atoms with Gasteiger partial charge in [0.25, 0.3) is 11.8 Å². The monoisotopic (exact) mass is 329 g/mol. The molecule has 1 unspecified atom stereocenters. The molecule has 1 saturated heterocycles. The van der Waals surface area contributed by atoms with Gasteiger partial charge in [-0.3, -0.25) is 4.68 Å². The van der Waals surface area contributed by atoms with Gasteiger partial charge in [0.2, 0.25) is 0 Å². The minimum Gasteiger partial charge on any atom is -0.417 e. The second-order valence-corrected chi connectivity index (χ2v) is 5.74. The number of rotatable bonds is 5. The van der Waals surface area contributed by atoms with Gasteiger partial charge in [-0.05, 0) is 19.1 Å². The first-order valence-corrected chi connectivity index (χ1v) is 7.95. The molecule has 1 atom stereocenters. The molecular weight excluding hydrogens is 310 g/mol. The van der Waals surface area contributed by atoms with Crippen molar-refractivity contribution in [2.75, 3.05) is 19.8 Å². The number of hydrogen-bond donors (Lipinski definition) is 0.